The number of hydrogen-bond acceptors (Lipinski definition) is 3. The average Bonchev–Trinajstić information content (AvgIpc) is 2.86. The zero-order valence-electron chi connectivity index (χ0n) is 9.61. The number of thiocarbonyl (C=S) groups is 2. The van der Waals surface area contributed by atoms with E-state index in [0.717, 1.165) is 14.8 Å². The normalized spacial score (nSPS) is 17.7. The number of aromatic amines is 1. The van der Waals surface area contributed by atoms with E-state index in [2.05, 4.69) is 41.5 Å². The summed E-state index contributed by atoms with van der Waals surface area (Å²) < 4.78 is 0.724. The van der Waals surface area contributed by atoms with Crippen molar-refractivity contribution in [3.63, 3.8) is 0 Å². The van der Waals surface area contributed by atoms with E-state index in [1.165, 1.54) is 28.2 Å². The highest BCUT2D eigenvalue weighted by atomic mass is 32.2. The Morgan fingerprint density at radius 3 is 2.83 bits per heavy atom. The molecule has 0 radical (unpaired) electrons. The summed E-state index contributed by atoms with van der Waals surface area (Å²) in [6, 6.07) is 6.28. The predicted molar refractivity (Wildman–Crippen MR) is 86.9 cm³/mol. The van der Waals surface area contributed by atoms with Gasteiger partial charge in [-0.15, -0.1) is 0 Å². The number of H-pyrrole nitrogens is 1. The lowest BCUT2D eigenvalue weighted by Gasteiger charge is -1.97. The van der Waals surface area contributed by atoms with Crippen LogP contribution in [-0.2, 0) is 0 Å². The second-order valence-electron chi connectivity index (χ2n) is 4.09. The van der Waals surface area contributed by atoms with Gasteiger partial charge in [0.25, 0.3) is 0 Å². The van der Waals surface area contributed by atoms with Crippen molar-refractivity contribution in [2.45, 2.75) is 6.92 Å². The van der Waals surface area contributed by atoms with Gasteiger partial charge in [0.05, 0.1) is 0 Å². The van der Waals surface area contributed by atoms with Gasteiger partial charge in [-0.05, 0) is 18.6 Å². The molecule has 0 aliphatic carbocycles. The molecule has 0 spiro atoms. The summed E-state index contributed by atoms with van der Waals surface area (Å²) in [5.41, 5.74) is 3.56. The Morgan fingerprint density at radius 1 is 1.28 bits per heavy atom. The van der Waals surface area contributed by atoms with Crippen LogP contribution in [0.3, 0.4) is 0 Å². The molecule has 0 atom stereocenters. The van der Waals surface area contributed by atoms with E-state index < -0.39 is 0 Å². The van der Waals surface area contributed by atoms with Crippen molar-refractivity contribution < 1.29 is 0 Å². The molecular formula is C13H10N2S3. The molecular weight excluding hydrogens is 280 g/mol. The standard InChI is InChI=1S/C13H10N2S3/c1-7-3-2-4-9-8(6-14-11(7)9)5-10-12(16)15-13(17)18-10/h2-6,14H,1H3,(H,15,16,17)/b10-5+. The van der Waals surface area contributed by atoms with Gasteiger partial charge in [-0.1, -0.05) is 54.4 Å². The van der Waals surface area contributed by atoms with E-state index in [1.54, 1.807) is 0 Å². The first kappa shape index (κ1) is 11.9. The van der Waals surface area contributed by atoms with Gasteiger partial charge in [0, 0.05) is 27.6 Å². The monoisotopic (exact) mass is 290 g/mol. The van der Waals surface area contributed by atoms with Gasteiger partial charge < -0.3 is 10.3 Å². The maximum atomic E-state index is 5.24. The van der Waals surface area contributed by atoms with E-state index in [0.29, 0.717) is 4.99 Å². The number of fused-ring (bicyclic) bond motifs is 1. The third kappa shape index (κ3) is 1.98. The fourth-order valence-electron chi connectivity index (χ4n) is 2.01. The lowest BCUT2D eigenvalue weighted by molar-refractivity contribution is 1.41. The first-order valence-electron chi connectivity index (χ1n) is 5.47. The highest BCUT2D eigenvalue weighted by Crippen LogP contribution is 2.30. The Balaban J connectivity index is 2.11. The van der Waals surface area contributed by atoms with Crippen molar-refractivity contribution in [3.05, 3.63) is 40.4 Å². The van der Waals surface area contributed by atoms with Crippen molar-refractivity contribution in [3.8, 4) is 0 Å². The molecule has 3 rings (SSSR count). The molecule has 2 aromatic rings. The molecule has 0 amide bonds. The average molecular weight is 290 g/mol. The second-order valence-corrected chi connectivity index (χ2v) is 6.22. The zero-order valence-corrected chi connectivity index (χ0v) is 12.1. The number of aromatic nitrogens is 1. The molecule has 2 nitrogen and oxygen atoms in total. The van der Waals surface area contributed by atoms with Gasteiger partial charge in [-0.2, -0.15) is 0 Å². The molecule has 90 valence electrons. The summed E-state index contributed by atoms with van der Waals surface area (Å²) in [5, 5.41) is 4.20. The predicted octanol–water partition coefficient (Wildman–Crippen LogP) is 3.77. The largest absolute Gasteiger partial charge is 0.360 e. The van der Waals surface area contributed by atoms with E-state index in [9.17, 15) is 0 Å². The zero-order chi connectivity index (χ0) is 12.7. The highest BCUT2D eigenvalue weighted by Gasteiger charge is 2.18. The maximum Gasteiger partial charge on any atom is 0.143 e. The topological polar surface area (TPSA) is 27.8 Å². The number of thioether (sulfide) groups is 1. The van der Waals surface area contributed by atoms with Crippen LogP contribution in [0.1, 0.15) is 11.1 Å². The van der Waals surface area contributed by atoms with Crippen LogP contribution in [0.4, 0.5) is 0 Å². The van der Waals surface area contributed by atoms with Crippen LogP contribution >= 0.6 is 36.2 Å². The first-order valence-corrected chi connectivity index (χ1v) is 7.10. The van der Waals surface area contributed by atoms with Crippen LogP contribution in [0.25, 0.3) is 17.0 Å². The number of benzene rings is 1. The van der Waals surface area contributed by atoms with Gasteiger partial charge in [0.15, 0.2) is 0 Å². The van der Waals surface area contributed by atoms with E-state index in [4.69, 9.17) is 24.4 Å². The third-order valence-electron chi connectivity index (χ3n) is 2.88. The molecule has 1 saturated heterocycles. The number of rotatable bonds is 1. The van der Waals surface area contributed by atoms with E-state index >= 15 is 0 Å². The minimum absolute atomic E-state index is 0.715. The van der Waals surface area contributed by atoms with Crippen LogP contribution in [0.15, 0.2) is 29.3 Å². The number of hydrogen-bond donors (Lipinski definition) is 2. The van der Waals surface area contributed by atoms with Crippen LogP contribution in [0.5, 0.6) is 0 Å². The van der Waals surface area contributed by atoms with Gasteiger partial charge in [-0.3, -0.25) is 0 Å². The maximum absolute atomic E-state index is 5.24. The van der Waals surface area contributed by atoms with Crippen LogP contribution < -0.4 is 5.32 Å². The molecule has 2 heterocycles. The summed E-state index contributed by atoms with van der Waals surface area (Å²) >= 11 is 11.9. The van der Waals surface area contributed by atoms with E-state index in [-0.39, 0.29) is 0 Å². The number of aryl methyl sites for hydroxylation is 1. The summed E-state index contributed by atoms with van der Waals surface area (Å²) in [7, 11) is 0. The van der Waals surface area contributed by atoms with E-state index in [1.807, 2.05) is 6.20 Å². The Kier molecular flexibility index (Phi) is 2.97. The Morgan fingerprint density at radius 2 is 2.11 bits per heavy atom. The fraction of sp³-hybridized carbons (Fsp3) is 0.0769. The molecule has 1 aliphatic rings. The van der Waals surface area contributed by atoms with Gasteiger partial charge in [0.1, 0.15) is 9.31 Å². The van der Waals surface area contributed by atoms with Crippen LogP contribution in [0.2, 0.25) is 0 Å². The molecule has 1 aromatic heterocycles. The molecule has 2 N–H and O–H groups in total. The smallest absolute Gasteiger partial charge is 0.143 e. The Labute approximate surface area is 120 Å². The molecule has 0 unspecified atom stereocenters. The lowest BCUT2D eigenvalue weighted by atomic mass is 10.1. The van der Waals surface area contributed by atoms with Crippen molar-refractivity contribution in [2.24, 2.45) is 0 Å². The molecule has 1 fully saturated rings. The third-order valence-corrected chi connectivity index (χ3v) is 4.52. The minimum atomic E-state index is 0.715. The van der Waals surface area contributed by atoms with Crippen molar-refractivity contribution >= 4 is 62.5 Å². The van der Waals surface area contributed by atoms with Crippen LogP contribution in [0, 0.1) is 6.92 Å². The van der Waals surface area contributed by atoms with Crippen molar-refractivity contribution in [1.29, 1.82) is 0 Å². The molecule has 1 aromatic carbocycles. The molecule has 0 bridgehead atoms. The SMILES string of the molecule is Cc1cccc2c(/C=C3/SC(=S)NC3=S)c[nH]c12. The highest BCUT2D eigenvalue weighted by molar-refractivity contribution is 8.27. The summed E-state index contributed by atoms with van der Waals surface area (Å²) in [6.07, 6.45) is 4.09. The summed E-state index contributed by atoms with van der Waals surface area (Å²) in [6.45, 7) is 2.10. The van der Waals surface area contributed by atoms with Crippen LogP contribution in [-0.4, -0.2) is 14.3 Å². The van der Waals surface area contributed by atoms with Gasteiger partial charge in [-0.25, -0.2) is 0 Å². The quantitative estimate of drug-likeness (QED) is 0.618. The van der Waals surface area contributed by atoms with Gasteiger partial charge in [0.2, 0.25) is 0 Å². The first-order chi connectivity index (χ1) is 8.65. The number of para-hydroxylation sites is 1. The molecule has 0 saturated carbocycles. The second kappa shape index (κ2) is 4.50. The molecule has 5 heteroatoms. The Bertz CT molecular complexity index is 697. The minimum Gasteiger partial charge on any atom is -0.360 e. The summed E-state index contributed by atoms with van der Waals surface area (Å²) in [5.74, 6) is 0. The van der Waals surface area contributed by atoms with Gasteiger partial charge >= 0.3 is 0 Å². The Hall–Kier alpha value is -1.17. The molecule has 18 heavy (non-hydrogen) atoms. The van der Waals surface area contributed by atoms with Crippen molar-refractivity contribution in [1.82, 2.24) is 10.3 Å². The number of nitrogens with one attached hydrogen (secondary N) is 2. The molecule has 1 aliphatic heterocycles. The summed E-state index contributed by atoms with van der Waals surface area (Å²) in [4.78, 5) is 5.03. The fourth-order valence-corrected chi connectivity index (χ4v) is 3.48. The van der Waals surface area contributed by atoms with Crippen molar-refractivity contribution in [2.75, 3.05) is 0 Å². The lowest BCUT2D eigenvalue weighted by Crippen LogP contribution is -2.15.